The van der Waals surface area contributed by atoms with Crippen LogP contribution < -0.4 is 5.32 Å². The summed E-state index contributed by atoms with van der Waals surface area (Å²) < 4.78 is 56.9. The first kappa shape index (κ1) is 21.2. The van der Waals surface area contributed by atoms with Crippen LogP contribution in [0.5, 0.6) is 0 Å². The van der Waals surface area contributed by atoms with E-state index in [9.17, 15) is 22.4 Å². The highest BCUT2D eigenvalue weighted by Gasteiger charge is 2.42. The van der Waals surface area contributed by atoms with E-state index in [-0.39, 0.29) is 12.2 Å². The first-order valence-electron chi connectivity index (χ1n) is 9.42. The first-order valence-corrected chi connectivity index (χ1v) is 9.42. The highest BCUT2D eigenvalue weighted by molar-refractivity contribution is 5.93. The Morgan fingerprint density at radius 1 is 1.06 bits per heavy atom. The van der Waals surface area contributed by atoms with E-state index in [4.69, 9.17) is 0 Å². The van der Waals surface area contributed by atoms with Crippen LogP contribution in [0, 0.1) is 5.82 Å². The van der Waals surface area contributed by atoms with Gasteiger partial charge in [0.25, 0.3) is 5.91 Å². The summed E-state index contributed by atoms with van der Waals surface area (Å²) in [5.74, 6) is -1.78. The lowest BCUT2D eigenvalue weighted by molar-refractivity contribution is -0.143. The molecule has 1 amide bonds. The quantitative estimate of drug-likeness (QED) is 0.461. The summed E-state index contributed by atoms with van der Waals surface area (Å²) in [6.45, 7) is 0.544. The predicted molar refractivity (Wildman–Crippen MR) is 105 cm³/mol. The normalized spacial score (nSPS) is 11.5. The van der Waals surface area contributed by atoms with Crippen LogP contribution >= 0.6 is 0 Å². The SMILES string of the molecule is O=C(NCc1cccc(Cn2ccnc2)c1)c1nnn(-c2cccc(F)c2)c1C(F)(F)F. The van der Waals surface area contributed by atoms with E-state index in [1.165, 1.54) is 12.1 Å². The van der Waals surface area contributed by atoms with E-state index in [1.807, 2.05) is 16.7 Å². The van der Waals surface area contributed by atoms with Gasteiger partial charge in [-0.1, -0.05) is 35.5 Å². The Kier molecular flexibility index (Phi) is 5.71. The summed E-state index contributed by atoms with van der Waals surface area (Å²) in [6, 6.07) is 11.7. The van der Waals surface area contributed by atoms with E-state index in [1.54, 1.807) is 30.9 Å². The Morgan fingerprint density at radius 3 is 2.56 bits per heavy atom. The summed E-state index contributed by atoms with van der Waals surface area (Å²) in [7, 11) is 0. The van der Waals surface area contributed by atoms with Gasteiger partial charge in [-0.05, 0) is 29.3 Å². The van der Waals surface area contributed by atoms with Crippen LogP contribution in [0.25, 0.3) is 5.69 Å². The molecule has 32 heavy (non-hydrogen) atoms. The fraction of sp³-hybridized carbons (Fsp3) is 0.143. The second-order valence-corrected chi connectivity index (χ2v) is 6.91. The third-order valence-electron chi connectivity index (χ3n) is 4.58. The van der Waals surface area contributed by atoms with Crippen LogP contribution in [-0.2, 0) is 19.3 Å². The highest BCUT2D eigenvalue weighted by Crippen LogP contribution is 2.32. The van der Waals surface area contributed by atoms with Gasteiger partial charge in [0.05, 0.1) is 12.0 Å². The van der Waals surface area contributed by atoms with E-state index in [0.29, 0.717) is 16.8 Å². The van der Waals surface area contributed by atoms with Crippen molar-refractivity contribution in [3.63, 3.8) is 0 Å². The van der Waals surface area contributed by atoms with Gasteiger partial charge >= 0.3 is 6.18 Å². The fourth-order valence-corrected chi connectivity index (χ4v) is 3.17. The zero-order chi connectivity index (χ0) is 22.7. The molecule has 11 heteroatoms. The van der Waals surface area contributed by atoms with Gasteiger partial charge in [0.2, 0.25) is 0 Å². The van der Waals surface area contributed by atoms with Gasteiger partial charge in [0.15, 0.2) is 11.4 Å². The average Bonchev–Trinajstić information content (AvgIpc) is 3.42. The molecule has 0 atom stereocenters. The van der Waals surface area contributed by atoms with Gasteiger partial charge < -0.3 is 9.88 Å². The number of hydrogen-bond donors (Lipinski definition) is 1. The number of carbonyl (C=O) groups is 1. The minimum Gasteiger partial charge on any atom is -0.346 e. The number of carbonyl (C=O) groups excluding carboxylic acids is 1. The van der Waals surface area contributed by atoms with Crippen molar-refractivity contribution in [3.8, 4) is 5.69 Å². The molecule has 0 spiro atoms. The number of benzene rings is 2. The van der Waals surface area contributed by atoms with Crippen LogP contribution in [0.15, 0.2) is 67.3 Å². The average molecular weight is 444 g/mol. The largest absolute Gasteiger partial charge is 0.435 e. The summed E-state index contributed by atoms with van der Waals surface area (Å²) in [4.78, 5) is 16.5. The second-order valence-electron chi connectivity index (χ2n) is 6.91. The highest BCUT2D eigenvalue weighted by atomic mass is 19.4. The molecule has 4 rings (SSSR count). The molecule has 4 aromatic rings. The summed E-state index contributed by atoms with van der Waals surface area (Å²) >= 11 is 0. The number of alkyl halides is 3. The molecular formula is C21H16F4N6O. The molecule has 0 radical (unpaired) electrons. The van der Waals surface area contributed by atoms with Crippen molar-refractivity contribution in [2.45, 2.75) is 19.3 Å². The Morgan fingerprint density at radius 2 is 1.84 bits per heavy atom. The molecule has 2 aromatic heterocycles. The summed E-state index contributed by atoms with van der Waals surface area (Å²) in [5, 5.41) is 9.29. The maximum atomic E-state index is 13.7. The van der Waals surface area contributed by atoms with Crippen molar-refractivity contribution in [1.29, 1.82) is 0 Å². The summed E-state index contributed by atoms with van der Waals surface area (Å²) in [6.07, 6.45) is 0.177. The molecule has 2 heterocycles. The molecule has 7 nitrogen and oxygen atoms in total. The lowest BCUT2D eigenvalue weighted by Gasteiger charge is -2.11. The number of halogens is 4. The molecule has 0 saturated carbocycles. The molecule has 0 saturated heterocycles. The number of amides is 1. The van der Waals surface area contributed by atoms with E-state index in [2.05, 4.69) is 20.6 Å². The van der Waals surface area contributed by atoms with Gasteiger partial charge in [-0.25, -0.2) is 14.1 Å². The molecule has 0 aliphatic carbocycles. The van der Waals surface area contributed by atoms with Crippen molar-refractivity contribution < 1.29 is 22.4 Å². The van der Waals surface area contributed by atoms with Gasteiger partial charge in [0.1, 0.15) is 5.82 Å². The number of nitrogens with one attached hydrogen (secondary N) is 1. The number of nitrogens with zero attached hydrogens (tertiary/aromatic N) is 5. The van der Waals surface area contributed by atoms with Gasteiger partial charge in [-0.3, -0.25) is 4.79 Å². The van der Waals surface area contributed by atoms with E-state index >= 15 is 0 Å². The Balaban J connectivity index is 1.54. The molecular weight excluding hydrogens is 428 g/mol. The van der Waals surface area contributed by atoms with Crippen LogP contribution in [0.3, 0.4) is 0 Å². The van der Waals surface area contributed by atoms with Gasteiger partial charge in [-0.15, -0.1) is 5.10 Å². The third-order valence-corrected chi connectivity index (χ3v) is 4.58. The molecule has 0 aliphatic rings. The fourth-order valence-electron chi connectivity index (χ4n) is 3.17. The maximum absolute atomic E-state index is 13.7. The van der Waals surface area contributed by atoms with Crippen LogP contribution in [0.1, 0.15) is 27.3 Å². The smallest absolute Gasteiger partial charge is 0.346 e. The van der Waals surface area contributed by atoms with Crippen molar-refractivity contribution in [2.75, 3.05) is 0 Å². The van der Waals surface area contributed by atoms with Crippen molar-refractivity contribution in [3.05, 3.63) is 95.6 Å². The number of rotatable bonds is 6. The topological polar surface area (TPSA) is 77.6 Å². The molecule has 0 aliphatic heterocycles. The lowest BCUT2D eigenvalue weighted by Crippen LogP contribution is -2.27. The zero-order valence-corrected chi connectivity index (χ0v) is 16.4. The lowest BCUT2D eigenvalue weighted by atomic mass is 10.1. The minimum atomic E-state index is -4.94. The third kappa shape index (κ3) is 4.66. The van der Waals surface area contributed by atoms with Crippen LogP contribution in [0.2, 0.25) is 0 Å². The Hall–Kier alpha value is -4.02. The van der Waals surface area contributed by atoms with Crippen LogP contribution in [0.4, 0.5) is 17.6 Å². The molecule has 0 bridgehead atoms. The van der Waals surface area contributed by atoms with Crippen molar-refractivity contribution >= 4 is 5.91 Å². The number of imidazole rings is 1. The minimum absolute atomic E-state index is 0.0132. The molecule has 0 unspecified atom stereocenters. The molecule has 164 valence electrons. The van der Waals surface area contributed by atoms with Gasteiger partial charge in [-0.2, -0.15) is 13.2 Å². The molecule has 1 N–H and O–H groups in total. The Labute approximate surface area is 179 Å². The second kappa shape index (κ2) is 8.61. The number of aromatic nitrogens is 5. The van der Waals surface area contributed by atoms with Crippen molar-refractivity contribution in [2.24, 2.45) is 0 Å². The van der Waals surface area contributed by atoms with Gasteiger partial charge in [0, 0.05) is 25.5 Å². The van der Waals surface area contributed by atoms with E-state index < -0.39 is 29.3 Å². The maximum Gasteiger partial charge on any atom is 0.435 e. The summed E-state index contributed by atoms with van der Waals surface area (Å²) in [5.41, 5.74) is -0.841. The molecule has 0 fully saturated rings. The van der Waals surface area contributed by atoms with Crippen LogP contribution in [-0.4, -0.2) is 30.5 Å². The first-order chi connectivity index (χ1) is 15.3. The Bertz CT molecular complexity index is 1230. The van der Waals surface area contributed by atoms with Crippen molar-refractivity contribution in [1.82, 2.24) is 29.9 Å². The molecule has 2 aromatic carbocycles. The predicted octanol–water partition coefficient (Wildman–Crippen LogP) is 3.60. The zero-order valence-electron chi connectivity index (χ0n) is 16.4. The standard InChI is InChI=1S/C21H16F4N6O/c22-16-5-2-6-17(10-16)31-19(21(23,24)25)18(28-29-31)20(32)27-11-14-3-1-4-15(9-14)12-30-8-7-26-13-30/h1-10,13H,11-12H2,(H,27,32). The van der Waals surface area contributed by atoms with E-state index in [0.717, 1.165) is 17.7 Å². The number of hydrogen-bond acceptors (Lipinski definition) is 4. The monoisotopic (exact) mass is 444 g/mol.